The van der Waals surface area contributed by atoms with Crippen LogP contribution >= 0.6 is 0 Å². The molecule has 2 N–H and O–H groups in total. The Labute approximate surface area is 544 Å². The van der Waals surface area contributed by atoms with Gasteiger partial charge in [0.2, 0.25) is 0 Å². The van der Waals surface area contributed by atoms with E-state index in [-0.39, 0.29) is 119 Å². The van der Waals surface area contributed by atoms with Gasteiger partial charge in [0, 0.05) is 133 Å². The summed E-state index contributed by atoms with van der Waals surface area (Å²) < 4.78 is 145. The molecule has 0 fully saturated rings. The van der Waals surface area contributed by atoms with Gasteiger partial charge in [0.05, 0.1) is 32.4 Å². The number of aliphatic hydroxyl groups is 2. The Morgan fingerprint density at radius 2 is 1.05 bits per heavy atom. The molecule has 84 heavy (non-hydrogen) atoms. The zero-order valence-electron chi connectivity index (χ0n) is 58.7. The van der Waals surface area contributed by atoms with Crippen LogP contribution in [0.25, 0.3) is 88.9 Å². The number of rotatable bonds is 4. The van der Waals surface area contributed by atoms with Crippen molar-refractivity contribution in [3.05, 3.63) is 242 Å². The predicted molar refractivity (Wildman–Crippen MR) is 337 cm³/mol. The van der Waals surface area contributed by atoms with E-state index >= 15 is 0 Å². The number of aromatic nitrogens is 4. The van der Waals surface area contributed by atoms with Crippen molar-refractivity contribution in [2.75, 3.05) is 20.5 Å². The Balaban J connectivity index is 0.000000606. The molecule has 7 radical (unpaired) electrons. The summed E-state index contributed by atoms with van der Waals surface area (Å²) in [5.41, 5.74) is 7.99. The third-order valence-electron chi connectivity index (χ3n) is 9.86. The molecule has 427 valence electrons. The number of terminal acetylenes is 1. The summed E-state index contributed by atoms with van der Waals surface area (Å²) in [6, 6.07) is 53.0. The average molecular weight is 1500 g/mol. The largest absolute Gasteiger partial charge is 0.748 e. The van der Waals surface area contributed by atoms with Crippen molar-refractivity contribution in [2.24, 2.45) is 0 Å². The Morgan fingerprint density at radius 3 is 1.49 bits per heavy atom. The van der Waals surface area contributed by atoms with Crippen molar-refractivity contribution >= 4 is 76.5 Å². The van der Waals surface area contributed by atoms with Crippen LogP contribution in [-0.2, 0) is 50.3 Å². The summed E-state index contributed by atoms with van der Waals surface area (Å²) in [5.74, 6) is 7.08. The number of aryl methyl sites for hydroxylation is 2. The third kappa shape index (κ3) is 24.0. The monoisotopic (exact) mass is 1500 g/mol. The van der Waals surface area contributed by atoms with E-state index in [1.54, 1.807) is 67.6 Å². The summed E-state index contributed by atoms with van der Waals surface area (Å²) in [5, 5.41) is 17.3. The van der Waals surface area contributed by atoms with Crippen LogP contribution in [0.2, 0.25) is 0 Å². The Hall–Kier alpha value is -8.04. The molecule has 0 saturated carbocycles. The van der Waals surface area contributed by atoms with Crippen molar-refractivity contribution < 1.29 is 91.4 Å². The standard InChI is InChI=1S/C17H11NO.C17H10NO.2C12H10N.C5H4.CH4O3S.2CH4O.CH4.B3.2Ir/c2*1-2-9-15-13(6-1)17-12(7-5-10-16(17)19-15)14-8-3-4-11-18-14;2*1-10-7-8-12(13-9-10)11-5-3-2-4-6-11;1-3-5-4-2;1-5(2,3)4;2*1-2;;1-3-2;;/h1-11H;1-6,8-11H;2*2-5,7-9H,1H3;1H,2H3;1H3,(H,2,3,4);2*2H,1H3;1H4;;;/q;3*-1;;;;;;;;/p-1/i2*3D,4D,8D,11D;2*1D3;;;;;;;;. The molecular weight excluding hydrogens is 1420 g/mol. The molecule has 0 aliphatic carbocycles. The van der Waals surface area contributed by atoms with Gasteiger partial charge in [-0.15, -0.1) is 95.9 Å². The van der Waals surface area contributed by atoms with E-state index in [2.05, 4.69) is 71.4 Å². The van der Waals surface area contributed by atoms with Crippen LogP contribution in [0.15, 0.2) is 221 Å². The molecular formula is C67H60B3Ir2N4O7S-4. The molecule has 0 amide bonds. The summed E-state index contributed by atoms with van der Waals surface area (Å²) in [6.45, 7) is -2.47. The van der Waals surface area contributed by atoms with Gasteiger partial charge in [-0.1, -0.05) is 116 Å². The van der Waals surface area contributed by atoms with Gasteiger partial charge in [-0.3, -0.25) is 4.98 Å². The van der Waals surface area contributed by atoms with Gasteiger partial charge in [0.15, 0.2) is 0 Å². The molecule has 0 spiro atoms. The van der Waals surface area contributed by atoms with Gasteiger partial charge in [-0.2, -0.15) is 0 Å². The van der Waals surface area contributed by atoms with Crippen molar-refractivity contribution in [1.82, 2.24) is 19.9 Å². The number of pyridine rings is 4. The third-order valence-corrected chi connectivity index (χ3v) is 9.86. The molecule has 0 aliphatic heterocycles. The Kier molecular flexibility index (Phi) is 25.8. The summed E-state index contributed by atoms with van der Waals surface area (Å²) in [6.07, 6.45) is 7.48. The Morgan fingerprint density at radius 1 is 0.595 bits per heavy atom. The maximum absolute atomic E-state index is 9.08. The molecule has 0 bridgehead atoms. The van der Waals surface area contributed by atoms with Crippen LogP contribution in [0.4, 0.5) is 0 Å². The number of aliphatic hydroxyl groups excluding tert-OH is 2. The van der Waals surface area contributed by atoms with Gasteiger partial charge >= 0.3 is 0 Å². The van der Waals surface area contributed by atoms with E-state index in [0.717, 1.165) is 70.9 Å². The van der Waals surface area contributed by atoms with Gasteiger partial charge in [-0.25, -0.2) is 8.42 Å². The zero-order chi connectivity index (χ0) is 70.8. The number of fused-ring (bicyclic) bond motifs is 6. The molecule has 6 aromatic heterocycles. The van der Waals surface area contributed by atoms with E-state index in [0.29, 0.717) is 34.1 Å². The van der Waals surface area contributed by atoms with Gasteiger partial charge < -0.3 is 38.6 Å². The second kappa shape index (κ2) is 41.0. The summed E-state index contributed by atoms with van der Waals surface area (Å²) in [7, 11) is 8.08. The maximum atomic E-state index is 9.08. The molecule has 12 rings (SSSR count). The first-order chi connectivity index (χ1) is 45.1. The fourth-order valence-electron chi connectivity index (χ4n) is 6.86. The van der Waals surface area contributed by atoms with Crippen molar-refractivity contribution in [2.45, 2.75) is 28.1 Å². The number of benzene rings is 6. The average Bonchev–Trinajstić information content (AvgIpc) is 1.56. The molecule has 0 aliphatic rings. The maximum Gasteiger partial charge on any atom is 0.136 e. The van der Waals surface area contributed by atoms with Crippen LogP contribution in [0.3, 0.4) is 0 Å². The van der Waals surface area contributed by atoms with E-state index in [1.165, 1.54) is 12.4 Å². The molecule has 12 aromatic rings. The molecule has 6 aromatic carbocycles. The topological polar surface area (TPSA) is 175 Å². The summed E-state index contributed by atoms with van der Waals surface area (Å²) in [4.78, 5) is 16.4. The Bertz CT molecular complexity index is 4430. The minimum Gasteiger partial charge on any atom is -0.748 e. The van der Waals surface area contributed by atoms with Crippen LogP contribution < -0.4 is 0 Å². The molecule has 0 atom stereocenters. The van der Waals surface area contributed by atoms with Gasteiger partial charge in [-0.05, 0) is 102 Å². The SMILES string of the molecule is C.C#CC#CC.CO.CO.CS(=O)(=O)[O-].[2H]C([2H])([2H])c1ccc(-c2[c-]cccc2)nc1.[2H]C([2H])([2H])c1ccc(-c2[c-]cccc2)nc1.[2H]c1nc(-c2[c-]ccc3oc4ccccc4c23)c([2H])c([2H])c1[2H].[2H]c1nc(-c2cccc3oc4ccccc4c23)c([2H])c([2H])c1[2H].[B][B][B].[Ir].[Ir]. The molecule has 0 unspecified atom stereocenters. The van der Waals surface area contributed by atoms with Crippen molar-refractivity contribution in [3.8, 4) is 69.2 Å². The molecule has 0 saturated heterocycles. The number of hydrogen-bond donors (Lipinski definition) is 2. The zero-order valence-corrected chi connectivity index (χ0v) is 50.3. The van der Waals surface area contributed by atoms with Crippen molar-refractivity contribution in [3.63, 3.8) is 0 Å². The smallest absolute Gasteiger partial charge is 0.136 e. The number of para-hydroxylation sites is 2. The van der Waals surface area contributed by atoms with Crippen molar-refractivity contribution in [1.29, 1.82) is 0 Å². The van der Waals surface area contributed by atoms with E-state index in [1.807, 2.05) is 91.0 Å². The van der Waals surface area contributed by atoms with Crippen LogP contribution in [0.5, 0.6) is 0 Å². The quantitative estimate of drug-likeness (QED) is 0.0742. The normalized spacial score (nSPS) is 12.0. The first kappa shape index (κ1) is 52.7. The molecule has 6 heterocycles. The number of hydrogen-bond acceptors (Lipinski definition) is 11. The first-order valence-corrected chi connectivity index (χ1v) is 25.4. The minimum absolute atomic E-state index is 0. The first-order valence-electron chi connectivity index (χ1n) is 30.5. The summed E-state index contributed by atoms with van der Waals surface area (Å²) >= 11 is 0. The fourth-order valence-corrected chi connectivity index (χ4v) is 6.86. The predicted octanol–water partition coefficient (Wildman–Crippen LogP) is 13.3. The van der Waals surface area contributed by atoms with Gasteiger partial charge in [0.25, 0.3) is 0 Å². The van der Waals surface area contributed by atoms with Crippen LogP contribution in [0.1, 0.15) is 44.7 Å². The van der Waals surface area contributed by atoms with Gasteiger partial charge in [0.1, 0.15) is 16.7 Å². The van der Waals surface area contributed by atoms with Crippen LogP contribution in [-0.4, -0.2) is 86.1 Å². The fraction of sp³-hybridized carbons (Fsp3) is 0.104. The van der Waals surface area contributed by atoms with Crippen LogP contribution in [0, 0.1) is 56.1 Å². The minimum atomic E-state index is -3.92. The van der Waals surface area contributed by atoms with E-state index < -0.39 is 23.8 Å². The molecule has 17 heteroatoms. The second-order valence-electron chi connectivity index (χ2n) is 15.2. The van der Waals surface area contributed by atoms with E-state index in [9.17, 15) is 0 Å². The second-order valence-corrected chi connectivity index (χ2v) is 16.6. The van der Waals surface area contributed by atoms with E-state index in [4.69, 9.17) is 57.6 Å². The molecule has 11 nitrogen and oxygen atoms in total. The number of nitrogens with zero attached hydrogens (tertiary/aromatic N) is 4. The number of furan rings is 2.